The second-order valence-electron chi connectivity index (χ2n) is 12.7. The molecule has 2 aromatic carbocycles. The number of morpholine rings is 3. The molecule has 2 aromatic rings. The summed E-state index contributed by atoms with van der Waals surface area (Å²) >= 11 is 0. The third-order valence-electron chi connectivity index (χ3n) is 6.94. The first-order valence-corrected chi connectivity index (χ1v) is 17.8. The number of quaternary nitrogens is 2. The highest BCUT2D eigenvalue weighted by Crippen LogP contribution is 2.11. The maximum atomic E-state index is 10.2. The number of aliphatic hydroxyl groups is 2. The largest absolute Gasteiger partial charge is 0.550 e. The van der Waals surface area contributed by atoms with Crippen LogP contribution in [0.15, 0.2) is 60.7 Å². The molecule has 0 spiro atoms. The number of rotatable bonds is 4. The summed E-state index contributed by atoms with van der Waals surface area (Å²) in [4.78, 5) is 38.3. The minimum Gasteiger partial charge on any atom is -0.550 e. The van der Waals surface area contributed by atoms with Gasteiger partial charge in [-0.2, -0.15) is 0 Å². The fourth-order valence-electron chi connectivity index (χ4n) is 4.68. The number of nitrogens with one attached hydrogen (secondary N) is 1. The van der Waals surface area contributed by atoms with E-state index in [1.165, 1.54) is 12.1 Å². The summed E-state index contributed by atoms with van der Waals surface area (Å²) in [5, 5.41) is 60.6. The normalized spacial score (nSPS) is 23.7. The van der Waals surface area contributed by atoms with E-state index in [9.17, 15) is 14.7 Å². The van der Waals surface area contributed by atoms with Crippen molar-refractivity contribution in [3.05, 3.63) is 71.8 Å². The molecule has 0 saturated carbocycles. The second-order valence-corrected chi connectivity index (χ2v) is 12.7. The molecule has 3 fully saturated rings. The highest BCUT2D eigenvalue weighted by molar-refractivity contribution is 5.74. The fraction of sp³-hybridized carbons (Fsp3) is 0.579. The second kappa shape index (κ2) is 31.4. The van der Waals surface area contributed by atoms with Crippen LogP contribution in [-0.4, -0.2) is 120 Å². The molecule has 3 aliphatic heterocycles. The third-order valence-corrected chi connectivity index (χ3v) is 6.94. The zero-order chi connectivity index (χ0) is 41.6. The van der Waals surface area contributed by atoms with E-state index in [1.54, 1.807) is 48.5 Å². The Balaban J connectivity index is 0. The Bertz CT molecular complexity index is 1130. The predicted octanol–water partition coefficient (Wildman–Crippen LogP) is -1.78. The average molecular weight is 770 g/mol. The summed E-state index contributed by atoms with van der Waals surface area (Å²) in [6, 6.07) is 16.4. The number of ether oxygens (including phenoxy) is 3. The first-order chi connectivity index (χ1) is 25.3. The molecular formula is C38H63N3O13. The van der Waals surface area contributed by atoms with Gasteiger partial charge in [0.2, 0.25) is 0 Å². The molecule has 16 nitrogen and oxygen atoms in total. The average Bonchev–Trinajstić information content (AvgIpc) is 3.09. The summed E-state index contributed by atoms with van der Waals surface area (Å²) < 4.78 is 16.3. The van der Waals surface area contributed by atoms with Crippen molar-refractivity contribution in [2.45, 2.75) is 104 Å². The third kappa shape index (κ3) is 31.5. The lowest BCUT2D eigenvalue weighted by Crippen LogP contribution is -2.90. The van der Waals surface area contributed by atoms with E-state index < -0.39 is 36.1 Å². The van der Waals surface area contributed by atoms with Gasteiger partial charge in [-0.25, -0.2) is 4.79 Å². The monoisotopic (exact) mass is 769 g/mol. The van der Waals surface area contributed by atoms with Gasteiger partial charge in [0.15, 0.2) is 6.10 Å². The maximum absolute atomic E-state index is 10.2. The predicted molar refractivity (Wildman–Crippen MR) is 196 cm³/mol. The van der Waals surface area contributed by atoms with Crippen LogP contribution in [0.1, 0.15) is 78.7 Å². The minimum absolute atomic E-state index is 0.340. The van der Waals surface area contributed by atoms with Gasteiger partial charge in [-0.05, 0) is 59.6 Å². The molecule has 16 heteroatoms. The number of carbonyl (C=O) groups excluding carboxylic acids is 2. The number of benzene rings is 2. The van der Waals surface area contributed by atoms with E-state index in [1.807, 2.05) is 0 Å². The Kier molecular flexibility index (Phi) is 30.3. The lowest BCUT2D eigenvalue weighted by atomic mass is 10.1. The zero-order valence-corrected chi connectivity index (χ0v) is 32.8. The summed E-state index contributed by atoms with van der Waals surface area (Å²) in [6.07, 6.45) is -0.292. The molecule has 0 aliphatic carbocycles. The number of aliphatic hydroxyl groups excluding tert-OH is 2. The molecule has 54 heavy (non-hydrogen) atoms. The van der Waals surface area contributed by atoms with Gasteiger partial charge < -0.3 is 70.4 Å². The number of aliphatic carboxylic acids is 4. The van der Waals surface area contributed by atoms with Gasteiger partial charge >= 0.3 is 5.97 Å². The van der Waals surface area contributed by atoms with Crippen molar-refractivity contribution in [1.82, 2.24) is 5.32 Å². The van der Waals surface area contributed by atoms with Crippen molar-refractivity contribution in [1.29, 1.82) is 0 Å². The van der Waals surface area contributed by atoms with Crippen LogP contribution in [0.5, 0.6) is 0 Å². The van der Waals surface area contributed by atoms with Crippen molar-refractivity contribution in [2.24, 2.45) is 0 Å². The van der Waals surface area contributed by atoms with Crippen LogP contribution in [0.4, 0.5) is 0 Å². The summed E-state index contributed by atoms with van der Waals surface area (Å²) in [5.74, 6) is -4.62. The van der Waals surface area contributed by atoms with E-state index in [0.29, 0.717) is 47.8 Å². The molecule has 0 bridgehead atoms. The van der Waals surface area contributed by atoms with Gasteiger partial charge in [0, 0.05) is 26.0 Å². The summed E-state index contributed by atoms with van der Waals surface area (Å²) in [6.45, 7) is 21.2. The highest BCUT2D eigenvalue weighted by Gasteiger charge is 2.17. The smallest absolute Gasteiger partial charge is 0.337 e. The summed E-state index contributed by atoms with van der Waals surface area (Å²) in [5.41, 5.74) is 0.743. The Morgan fingerprint density at radius 1 is 0.611 bits per heavy atom. The Hall–Kier alpha value is -4.00. The molecule has 3 saturated heterocycles. The minimum atomic E-state index is -1.52. The number of carboxylic acids is 4. The van der Waals surface area contributed by atoms with Crippen molar-refractivity contribution in [2.75, 3.05) is 39.3 Å². The van der Waals surface area contributed by atoms with Crippen molar-refractivity contribution < 1.29 is 74.7 Å². The van der Waals surface area contributed by atoms with Gasteiger partial charge in [0.05, 0.1) is 18.2 Å². The topological polar surface area (TPSA) is 268 Å². The van der Waals surface area contributed by atoms with Crippen LogP contribution >= 0.6 is 0 Å². The van der Waals surface area contributed by atoms with E-state index >= 15 is 0 Å². The number of carbonyl (C=O) groups is 4. The van der Waals surface area contributed by atoms with Gasteiger partial charge in [0.25, 0.3) is 5.97 Å². The van der Waals surface area contributed by atoms with Gasteiger partial charge in [0.1, 0.15) is 56.7 Å². The van der Waals surface area contributed by atoms with Gasteiger partial charge in [-0.15, -0.1) is 0 Å². The molecule has 0 unspecified atom stereocenters. The molecule has 8 atom stereocenters. The molecule has 9 N–H and O–H groups in total. The summed E-state index contributed by atoms with van der Waals surface area (Å²) in [7, 11) is 0. The first-order valence-electron chi connectivity index (χ1n) is 17.8. The van der Waals surface area contributed by atoms with E-state index in [4.69, 9.17) is 49.3 Å². The van der Waals surface area contributed by atoms with E-state index in [2.05, 4.69) is 57.5 Å². The van der Waals surface area contributed by atoms with Gasteiger partial charge in [-0.3, -0.25) is 4.79 Å². The fourth-order valence-corrected chi connectivity index (χ4v) is 4.68. The molecule has 0 amide bonds. The Morgan fingerprint density at radius 2 is 0.889 bits per heavy atom. The number of hydrogen-bond donors (Lipinski definition) is 7. The van der Waals surface area contributed by atoms with Crippen molar-refractivity contribution >= 4 is 23.9 Å². The van der Waals surface area contributed by atoms with Crippen LogP contribution in [0.2, 0.25) is 0 Å². The number of carboxylic acid groups (broad SMARTS) is 4. The lowest BCUT2D eigenvalue weighted by molar-refractivity contribution is -0.683. The van der Waals surface area contributed by atoms with Crippen LogP contribution in [-0.2, 0) is 33.4 Å². The van der Waals surface area contributed by atoms with Crippen LogP contribution < -0.4 is 26.2 Å². The standard InChI is InChI=1S/2C8H8O3.3C6H13NO.2C2H4O2/c2*9-7(8(10)11)6-4-2-1-3-5-6;3*1-5-3-7-4-6(2)8-5;2*1-2(3)4/h2*1-5,7,9H,(H,10,11);3*5-7H,3-4H2,1-2H3;2*1H3,(H,3,4)/t2*7-;3*5-,6-;;/m00110../s1. The van der Waals surface area contributed by atoms with Crippen molar-refractivity contribution in [3.8, 4) is 0 Å². The SMILES string of the molecule is CC(=O)O.CC(=O)[O-].C[C@@H]1CNC[C@@H](C)O1.C[C@@H]1C[NH2+]C[C@@H](C)O1.C[C@H]1C[NH2+]C[C@H](C)O1.O=C(O)[C@@H](O)c1ccccc1.O=C([O-])[C@@H](O)c1ccccc1. The lowest BCUT2D eigenvalue weighted by Gasteiger charge is -2.25. The highest BCUT2D eigenvalue weighted by atomic mass is 16.5. The number of nitrogens with two attached hydrogens (primary N) is 2. The molecular weight excluding hydrogens is 706 g/mol. The van der Waals surface area contributed by atoms with Crippen LogP contribution in [0.25, 0.3) is 0 Å². The Labute approximate surface area is 318 Å². The molecule has 0 aromatic heterocycles. The van der Waals surface area contributed by atoms with Crippen LogP contribution in [0, 0.1) is 0 Å². The van der Waals surface area contributed by atoms with E-state index in [0.717, 1.165) is 53.1 Å². The van der Waals surface area contributed by atoms with E-state index in [-0.39, 0.29) is 0 Å². The first kappa shape index (κ1) is 52.1. The maximum Gasteiger partial charge on any atom is 0.337 e. The zero-order valence-electron chi connectivity index (χ0n) is 32.8. The molecule has 0 radical (unpaired) electrons. The van der Waals surface area contributed by atoms with Gasteiger partial charge in [-0.1, -0.05) is 60.7 Å². The number of hydrogen-bond acceptors (Lipinski definition) is 12. The molecule has 3 aliphatic rings. The molecule has 5 rings (SSSR count). The molecule has 3 heterocycles. The van der Waals surface area contributed by atoms with Crippen LogP contribution in [0.3, 0.4) is 0 Å². The quantitative estimate of drug-likeness (QED) is 0.181. The Morgan fingerprint density at radius 3 is 1.09 bits per heavy atom. The molecule has 308 valence electrons. The van der Waals surface area contributed by atoms with Crippen molar-refractivity contribution in [3.63, 3.8) is 0 Å².